The summed E-state index contributed by atoms with van der Waals surface area (Å²) in [6.45, 7) is 4.98. The topological polar surface area (TPSA) is 68.3 Å². The molecule has 0 amide bonds. The number of aryl methyl sites for hydroxylation is 1. The summed E-state index contributed by atoms with van der Waals surface area (Å²) in [7, 11) is 3.49. The molecule has 108 valence electrons. The first-order valence-corrected chi connectivity index (χ1v) is 6.60. The van der Waals surface area contributed by atoms with E-state index in [1.165, 1.54) is 0 Å². The molecule has 6 nitrogen and oxygen atoms in total. The normalized spacial score (nSPS) is 10.5. The second kappa shape index (κ2) is 9.52. The Labute approximate surface area is 114 Å². The van der Waals surface area contributed by atoms with E-state index in [2.05, 4.69) is 20.6 Å². The number of rotatable bonds is 10. The summed E-state index contributed by atoms with van der Waals surface area (Å²) >= 11 is 0. The standard InChI is InChI=1S/C13H24N4O2/c1-11-10-16-13(14-2)17-12(11)15-6-4-5-7-19-9-8-18-3/h10H,4-9H2,1-3H3,(H2,14,15,16,17). The lowest BCUT2D eigenvalue weighted by Gasteiger charge is -2.09. The molecule has 19 heavy (non-hydrogen) atoms. The highest BCUT2D eigenvalue weighted by Gasteiger charge is 2.01. The molecule has 1 aromatic rings. The number of unbranched alkanes of at least 4 members (excludes halogenated alkanes) is 1. The minimum absolute atomic E-state index is 0.635. The Morgan fingerprint density at radius 1 is 1.21 bits per heavy atom. The molecule has 0 aliphatic carbocycles. The summed E-state index contributed by atoms with van der Waals surface area (Å²) in [4.78, 5) is 8.52. The van der Waals surface area contributed by atoms with Crippen LogP contribution in [-0.4, -0.2) is 50.5 Å². The average Bonchev–Trinajstić information content (AvgIpc) is 2.43. The number of anilines is 2. The van der Waals surface area contributed by atoms with Gasteiger partial charge in [0.05, 0.1) is 13.2 Å². The summed E-state index contributed by atoms with van der Waals surface area (Å²) in [6, 6.07) is 0. The summed E-state index contributed by atoms with van der Waals surface area (Å²) in [6.07, 6.45) is 3.89. The third-order valence-corrected chi connectivity index (χ3v) is 2.64. The predicted octanol–water partition coefficient (Wildman–Crippen LogP) is 1.68. The summed E-state index contributed by atoms with van der Waals surface area (Å²) in [5.74, 6) is 1.52. The van der Waals surface area contributed by atoms with Crippen molar-refractivity contribution in [3.8, 4) is 0 Å². The lowest BCUT2D eigenvalue weighted by molar-refractivity contribution is 0.0691. The van der Waals surface area contributed by atoms with Gasteiger partial charge in [-0.25, -0.2) is 4.98 Å². The largest absolute Gasteiger partial charge is 0.382 e. The van der Waals surface area contributed by atoms with Gasteiger partial charge in [-0.1, -0.05) is 0 Å². The molecule has 2 N–H and O–H groups in total. The van der Waals surface area contributed by atoms with Crippen LogP contribution in [0.4, 0.5) is 11.8 Å². The molecule has 0 atom stereocenters. The lowest BCUT2D eigenvalue weighted by atomic mass is 10.3. The molecule has 0 saturated carbocycles. The maximum Gasteiger partial charge on any atom is 0.224 e. The highest BCUT2D eigenvalue weighted by molar-refractivity contribution is 5.46. The second-order valence-electron chi connectivity index (χ2n) is 4.21. The van der Waals surface area contributed by atoms with Crippen molar-refractivity contribution in [3.63, 3.8) is 0 Å². The smallest absolute Gasteiger partial charge is 0.224 e. The quantitative estimate of drug-likeness (QED) is 0.629. The Bertz CT molecular complexity index is 360. The molecule has 6 heteroatoms. The summed E-state index contributed by atoms with van der Waals surface area (Å²) in [5.41, 5.74) is 1.05. The number of aromatic nitrogens is 2. The van der Waals surface area contributed by atoms with Gasteiger partial charge >= 0.3 is 0 Å². The first kappa shape index (κ1) is 15.7. The van der Waals surface area contributed by atoms with Gasteiger partial charge in [-0.15, -0.1) is 0 Å². The van der Waals surface area contributed by atoms with Gasteiger partial charge in [-0.05, 0) is 19.8 Å². The van der Waals surface area contributed by atoms with E-state index in [0.29, 0.717) is 19.2 Å². The van der Waals surface area contributed by atoms with Crippen LogP contribution in [0.3, 0.4) is 0 Å². The van der Waals surface area contributed by atoms with E-state index in [0.717, 1.165) is 37.4 Å². The van der Waals surface area contributed by atoms with Crippen LogP contribution in [0.5, 0.6) is 0 Å². The second-order valence-corrected chi connectivity index (χ2v) is 4.21. The third-order valence-electron chi connectivity index (χ3n) is 2.64. The van der Waals surface area contributed by atoms with Crippen LogP contribution in [-0.2, 0) is 9.47 Å². The van der Waals surface area contributed by atoms with Crippen LogP contribution in [0.25, 0.3) is 0 Å². The van der Waals surface area contributed by atoms with E-state index < -0.39 is 0 Å². The highest BCUT2D eigenvalue weighted by atomic mass is 16.5. The van der Waals surface area contributed by atoms with Crippen LogP contribution >= 0.6 is 0 Å². The number of methoxy groups -OCH3 is 1. The van der Waals surface area contributed by atoms with Gasteiger partial charge in [-0.2, -0.15) is 4.98 Å². The molecular formula is C13H24N4O2. The molecule has 0 aliphatic rings. The summed E-state index contributed by atoms with van der Waals surface area (Å²) < 4.78 is 10.3. The van der Waals surface area contributed by atoms with Gasteiger partial charge in [0, 0.05) is 39.1 Å². The molecule has 0 radical (unpaired) electrons. The maximum absolute atomic E-state index is 5.40. The van der Waals surface area contributed by atoms with Gasteiger partial charge in [0.15, 0.2) is 0 Å². The van der Waals surface area contributed by atoms with E-state index in [9.17, 15) is 0 Å². The number of hydrogen-bond acceptors (Lipinski definition) is 6. The first-order chi connectivity index (χ1) is 9.27. The summed E-state index contributed by atoms with van der Waals surface area (Å²) in [5, 5.41) is 6.25. The molecule has 0 unspecified atom stereocenters. The van der Waals surface area contributed by atoms with E-state index >= 15 is 0 Å². The zero-order valence-corrected chi connectivity index (χ0v) is 12.0. The van der Waals surface area contributed by atoms with Crippen molar-refractivity contribution in [1.82, 2.24) is 9.97 Å². The number of ether oxygens (including phenoxy) is 2. The van der Waals surface area contributed by atoms with Crippen molar-refractivity contribution in [1.29, 1.82) is 0 Å². The molecule has 0 aromatic carbocycles. The van der Waals surface area contributed by atoms with E-state index in [4.69, 9.17) is 9.47 Å². The Balaban J connectivity index is 2.15. The van der Waals surface area contributed by atoms with E-state index in [1.54, 1.807) is 7.11 Å². The Morgan fingerprint density at radius 2 is 2.05 bits per heavy atom. The fraction of sp³-hybridized carbons (Fsp3) is 0.692. The molecule has 0 fully saturated rings. The maximum atomic E-state index is 5.40. The molecule has 0 aliphatic heterocycles. The van der Waals surface area contributed by atoms with Crippen LogP contribution in [0.2, 0.25) is 0 Å². The first-order valence-electron chi connectivity index (χ1n) is 6.60. The van der Waals surface area contributed by atoms with Crippen molar-refractivity contribution in [2.24, 2.45) is 0 Å². The van der Waals surface area contributed by atoms with Crippen molar-refractivity contribution in [2.45, 2.75) is 19.8 Å². The van der Waals surface area contributed by atoms with Gasteiger partial charge in [0.2, 0.25) is 5.95 Å². The fourth-order valence-electron chi connectivity index (χ4n) is 1.52. The van der Waals surface area contributed by atoms with Crippen molar-refractivity contribution in [3.05, 3.63) is 11.8 Å². The molecule has 0 spiro atoms. The Morgan fingerprint density at radius 3 is 2.79 bits per heavy atom. The van der Waals surface area contributed by atoms with Gasteiger partial charge < -0.3 is 20.1 Å². The fourth-order valence-corrected chi connectivity index (χ4v) is 1.52. The predicted molar refractivity (Wildman–Crippen MR) is 76.7 cm³/mol. The molecule has 0 saturated heterocycles. The Hall–Kier alpha value is -1.40. The van der Waals surface area contributed by atoms with Crippen LogP contribution in [0.15, 0.2) is 6.20 Å². The Kier molecular flexibility index (Phi) is 7.84. The van der Waals surface area contributed by atoms with Gasteiger partial charge in [0.1, 0.15) is 5.82 Å². The average molecular weight is 268 g/mol. The number of hydrogen-bond donors (Lipinski definition) is 2. The highest BCUT2D eigenvalue weighted by Crippen LogP contribution is 2.12. The van der Waals surface area contributed by atoms with Crippen LogP contribution in [0.1, 0.15) is 18.4 Å². The molecule has 1 aromatic heterocycles. The number of nitrogens with zero attached hydrogens (tertiary/aromatic N) is 2. The minimum Gasteiger partial charge on any atom is -0.382 e. The molecular weight excluding hydrogens is 244 g/mol. The van der Waals surface area contributed by atoms with Crippen molar-refractivity contribution < 1.29 is 9.47 Å². The number of nitrogens with one attached hydrogen (secondary N) is 2. The minimum atomic E-state index is 0.635. The van der Waals surface area contributed by atoms with Gasteiger partial charge in [-0.3, -0.25) is 0 Å². The molecule has 1 heterocycles. The van der Waals surface area contributed by atoms with E-state index in [-0.39, 0.29) is 0 Å². The lowest BCUT2D eigenvalue weighted by Crippen LogP contribution is -2.09. The van der Waals surface area contributed by atoms with E-state index in [1.807, 2.05) is 20.2 Å². The zero-order valence-electron chi connectivity index (χ0n) is 12.0. The van der Waals surface area contributed by atoms with Gasteiger partial charge in [0.25, 0.3) is 0 Å². The van der Waals surface area contributed by atoms with Crippen molar-refractivity contribution >= 4 is 11.8 Å². The van der Waals surface area contributed by atoms with Crippen molar-refractivity contribution in [2.75, 3.05) is 51.2 Å². The SMILES string of the molecule is CNc1ncc(C)c(NCCCCOCCOC)n1. The van der Waals surface area contributed by atoms with Crippen LogP contribution < -0.4 is 10.6 Å². The molecule has 1 rings (SSSR count). The third kappa shape index (κ3) is 6.35. The van der Waals surface area contributed by atoms with Crippen LogP contribution in [0, 0.1) is 6.92 Å². The monoisotopic (exact) mass is 268 g/mol. The zero-order chi connectivity index (χ0) is 13.9. The molecule has 0 bridgehead atoms.